The van der Waals surface area contributed by atoms with E-state index in [1.165, 1.54) is 0 Å². The van der Waals surface area contributed by atoms with Crippen molar-refractivity contribution in [2.24, 2.45) is 5.41 Å². The summed E-state index contributed by atoms with van der Waals surface area (Å²) < 4.78 is 0. The van der Waals surface area contributed by atoms with Gasteiger partial charge in [-0.2, -0.15) is 0 Å². The predicted octanol–water partition coefficient (Wildman–Crippen LogP) is 1.52. The number of hydrogen-bond acceptors (Lipinski definition) is 2. The highest BCUT2D eigenvalue weighted by molar-refractivity contribution is 6.38. The Kier molecular flexibility index (Phi) is 3.25. The normalized spacial score (nSPS) is 12.5. The largest absolute Gasteiger partial charge is 0.345 e. The Morgan fingerprint density at radius 1 is 0.923 bits per heavy atom. The minimum absolute atomic E-state index is 0.349. The average Bonchev–Trinajstić information content (AvgIpc) is 1.79. The monoisotopic (exact) mass is 185 g/mol. The Morgan fingerprint density at radius 3 is 1.54 bits per heavy atom. The summed E-state index contributed by atoms with van der Waals surface area (Å²) in [6, 6.07) is 0. The number of hydrogen-bond donors (Lipinski definition) is 1. The van der Waals surface area contributed by atoms with Gasteiger partial charge in [-0.3, -0.25) is 9.59 Å². The molecule has 0 aliphatic carbocycles. The Hall–Kier alpha value is -0.860. The molecule has 3 nitrogen and oxygen atoms in total. The highest BCUT2D eigenvalue weighted by Gasteiger charge is 2.30. The molecule has 0 aromatic carbocycles. The van der Waals surface area contributed by atoms with Crippen LogP contribution in [0.25, 0.3) is 0 Å². The van der Waals surface area contributed by atoms with Crippen molar-refractivity contribution in [3.8, 4) is 0 Å². The first kappa shape index (κ1) is 12.1. The van der Waals surface area contributed by atoms with Crippen LogP contribution < -0.4 is 5.32 Å². The zero-order valence-electron chi connectivity index (χ0n) is 9.32. The van der Waals surface area contributed by atoms with E-state index in [-0.39, 0.29) is 11.3 Å². The van der Waals surface area contributed by atoms with Gasteiger partial charge in [0.25, 0.3) is 5.91 Å². The van der Waals surface area contributed by atoms with Crippen molar-refractivity contribution in [3.05, 3.63) is 0 Å². The number of nitrogens with one attached hydrogen (secondary N) is 1. The molecule has 0 rings (SSSR count). The summed E-state index contributed by atoms with van der Waals surface area (Å²) >= 11 is 0. The summed E-state index contributed by atoms with van der Waals surface area (Å²) in [5.41, 5.74) is -0.951. The second kappa shape index (κ2) is 3.48. The molecule has 1 amide bonds. The van der Waals surface area contributed by atoms with E-state index in [9.17, 15) is 9.59 Å². The Balaban J connectivity index is 4.40. The second-order valence-electron chi connectivity index (χ2n) is 5.28. The summed E-state index contributed by atoms with van der Waals surface area (Å²) in [4.78, 5) is 22.8. The maximum absolute atomic E-state index is 11.4. The molecule has 0 radical (unpaired) electrons. The molecule has 0 bridgehead atoms. The molecule has 0 aliphatic rings. The third-order valence-corrected chi connectivity index (χ3v) is 1.38. The van der Waals surface area contributed by atoms with Crippen molar-refractivity contribution in [2.45, 2.75) is 47.1 Å². The van der Waals surface area contributed by atoms with Crippen molar-refractivity contribution in [1.82, 2.24) is 5.32 Å². The van der Waals surface area contributed by atoms with Gasteiger partial charge in [-0.1, -0.05) is 20.8 Å². The number of rotatable bonds is 1. The zero-order valence-corrected chi connectivity index (χ0v) is 9.32. The van der Waals surface area contributed by atoms with Gasteiger partial charge in [0.15, 0.2) is 0 Å². The number of ketones is 1. The third-order valence-electron chi connectivity index (χ3n) is 1.38. The highest BCUT2D eigenvalue weighted by Crippen LogP contribution is 2.15. The van der Waals surface area contributed by atoms with Crippen molar-refractivity contribution in [3.63, 3.8) is 0 Å². The lowest BCUT2D eigenvalue weighted by Crippen LogP contribution is -2.47. The molecule has 0 aliphatic heterocycles. The van der Waals surface area contributed by atoms with Gasteiger partial charge in [0, 0.05) is 11.0 Å². The molecule has 0 fully saturated rings. The first-order valence-corrected chi connectivity index (χ1v) is 4.41. The number of amides is 1. The topological polar surface area (TPSA) is 46.2 Å². The molecule has 13 heavy (non-hydrogen) atoms. The van der Waals surface area contributed by atoms with Crippen LogP contribution in [0, 0.1) is 5.41 Å². The van der Waals surface area contributed by atoms with Crippen LogP contribution in [0.2, 0.25) is 0 Å². The Bertz CT molecular complexity index is 218. The molecule has 0 unspecified atom stereocenters. The van der Waals surface area contributed by atoms with Crippen LogP contribution in [-0.4, -0.2) is 17.2 Å². The maximum Gasteiger partial charge on any atom is 0.288 e. The van der Waals surface area contributed by atoms with Crippen molar-refractivity contribution in [2.75, 3.05) is 0 Å². The fourth-order valence-electron chi connectivity index (χ4n) is 0.738. The smallest absolute Gasteiger partial charge is 0.288 e. The van der Waals surface area contributed by atoms with Gasteiger partial charge in [-0.15, -0.1) is 0 Å². The molecule has 0 aromatic rings. The van der Waals surface area contributed by atoms with Gasteiger partial charge < -0.3 is 5.32 Å². The summed E-state index contributed by atoms with van der Waals surface area (Å²) in [7, 11) is 0. The minimum Gasteiger partial charge on any atom is -0.345 e. The molecule has 1 N–H and O–H groups in total. The zero-order chi connectivity index (χ0) is 10.9. The van der Waals surface area contributed by atoms with Crippen molar-refractivity contribution in [1.29, 1.82) is 0 Å². The van der Waals surface area contributed by atoms with Crippen LogP contribution in [-0.2, 0) is 9.59 Å². The molecule has 0 atom stereocenters. The molecule has 3 heteroatoms. The predicted molar refractivity (Wildman–Crippen MR) is 52.4 cm³/mol. The lowest BCUT2D eigenvalue weighted by atomic mass is 9.90. The van der Waals surface area contributed by atoms with E-state index < -0.39 is 11.3 Å². The number of carbonyl (C=O) groups is 2. The van der Waals surface area contributed by atoms with Crippen LogP contribution in [0.15, 0.2) is 0 Å². The van der Waals surface area contributed by atoms with E-state index >= 15 is 0 Å². The van der Waals surface area contributed by atoms with E-state index in [4.69, 9.17) is 0 Å². The van der Waals surface area contributed by atoms with Gasteiger partial charge in [0.05, 0.1) is 0 Å². The van der Waals surface area contributed by atoms with Crippen LogP contribution in [0.4, 0.5) is 0 Å². The Labute approximate surface area is 79.9 Å². The molecular weight excluding hydrogens is 166 g/mol. The molecule has 0 spiro atoms. The lowest BCUT2D eigenvalue weighted by molar-refractivity contribution is -0.143. The fraction of sp³-hybridized carbons (Fsp3) is 0.800. The van der Waals surface area contributed by atoms with Crippen molar-refractivity contribution < 1.29 is 9.59 Å². The molecule has 0 heterocycles. The summed E-state index contributed by atoms with van der Waals surface area (Å²) in [6.45, 7) is 10.7. The van der Waals surface area contributed by atoms with Gasteiger partial charge in [0.1, 0.15) is 0 Å². The van der Waals surface area contributed by atoms with Crippen LogP contribution >= 0.6 is 0 Å². The standard InChI is InChI=1S/C10H19NO2/c1-9(2,3)7(12)8(13)11-10(4,5)6/h1-6H3,(H,11,13). The summed E-state index contributed by atoms with van der Waals surface area (Å²) in [5.74, 6) is -0.873. The number of Topliss-reactive ketones (excluding diaryl/α,β-unsaturated/α-hetero) is 1. The molecule has 0 aromatic heterocycles. The maximum atomic E-state index is 11.4. The van der Waals surface area contributed by atoms with Crippen LogP contribution in [0.3, 0.4) is 0 Å². The van der Waals surface area contributed by atoms with Gasteiger partial charge in [0.2, 0.25) is 5.78 Å². The van der Waals surface area contributed by atoms with Crippen molar-refractivity contribution >= 4 is 11.7 Å². The molecule has 76 valence electrons. The average molecular weight is 185 g/mol. The molecule has 0 saturated carbocycles. The van der Waals surface area contributed by atoms with Gasteiger partial charge >= 0.3 is 0 Å². The molecule has 0 saturated heterocycles. The second-order valence-corrected chi connectivity index (χ2v) is 5.28. The molecular formula is C10H19NO2. The van der Waals surface area contributed by atoms with Crippen LogP contribution in [0.5, 0.6) is 0 Å². The summed E-state index contributed by atoms with van der Waals surface area (Å²) in [5, 5.41) is 2.64. The number of carbonyl (C=O) groups excluding carboxylic acids is 2. The SMILES string of the molecule is CC(C)(C)NC(=O)C(=O)C(C)(C)C. The van der Waals surface area contributed by atoms with Gasteiger partial charge in [-0.25, -0.2) is 0 Å². The summed E-state index contributed by atoms with van der Waals surface area (Å²) in [6.07, 6.45) is 0. The first-order chi connectivity index (χ1) is 5.54. The third kappa shape index (κ3) is 4.65. The fourth-order valence-corrected chi connectivity index (χ4v) is 0.738. The van der Waals surface area contributed by atoms with E-state index in [0.29, 0.717) is 0 Å². The Morgan fingerprint density at radius 2 is 1.31 bits per heavy atom. The van der Waals surface area contributed by atoms with E-state index in [2.05, 4.69) is 5.32 Å². The lowest BCUT2D eigenvalue weighted by Gasteiger charge is -2.23. The quantitative estimate of drug-likeness (QED) is 0.629. The van der Waals surface area contributed by atoms with E-state index in [1.807, 2.05) is 20.8 Å². The van der Waals surface area contributed by atoms with Crippen LogP contribution in [0.1, 0.15) is 41.5 Å². The first-order valence-electron chi connectivity index (χ1n) is 4.41. The minimum atomic E-state index is -0.602. The highest BCUT2D eigenvalue weighted by atomic mass is 16.2. The van der Waals surface area contributed by atoms with E-state index in [1.54, 1.807) is 20.8 Å². The van der Waals surface area contributed by atoms with E-state index in [0.717, 1.165) is 0 Å². The van der Waals surface area contributed by atoms with Gasteiger partial charge in [-0.05, 0) is 20.8 Å².